The molecule has 1 unspecified atom stereocenters. The van der Waals surface area contributed by atoms with Crippen LogP contribution in [0.1, 0.15) is 17.8 Å². The fraction of sp³-hybridized carbons (Fsp3) is 0.667. The molecule has 5 nitrogen and oxygen atoms in total. The minimum Gasteiger partial charge on any atom is -0.340 e. The number of nitrogens with one attached hydrogen (secondary N) is 1. The highest BCUT2D eigenvalue weighted by atomic mass is 16.2. The summed E-state index contributed by atoms with van der Waals surface area (Å²) in [6, 6.07) is 2.32. The van der Waals surface area contributed by atoms with Gasteiger partial charge in [-0.2, -0.15) is 5.10 Å². The van der Waals surface area contributed by atoms with Crippen molar-refractivity contribution in [1.82, 2.24) is 20.0 Å². The van der Waals surface area contributed by atoms with Crippen molar-refractivity contribution in [2.24, 2.45) is 0 Å². The van der Waals surface area contributed by atoms with E-state index < -0.39 is 0 Å². The van der Waals surface area contributed by atoms with Crippen molar-refractivity contribution in [2.45, 2.75) is 32.9 Å². The summed E-state index contributed by atoms with van der Waals surface area (Å²) in [5.41, 5.74) is 1.99. The smallest absolute Gasteiger partial charge is 0.244 e. The molecule has 0 radical (unpaired) electrons. The topological polar surface area (TPSA) is 50.2 Å². The Morgan fingerprint density at radius 3 is 2.94 bits per heavy atom. The van der Waals surface area contributed by atoms with Crippen molar-refractivity contribution in [3.8, 4) is 0 Å². The van der Waals surface area contributed by atoms with Crippen LogP contribution in [0.5, 0.6) is 0 Å². The Bertz CT molecular complexity index is 407. The summed E-state index contributed by atoms with van der Waals surface area (Å²) in [6.07, 6.45) is 1.04. The van der Waals surface area contributed by atoms with Gasteiger partial charge in [0.25, 0.3) is 0 Å². The van der Waals surface area contributed by atoms with E-state index in [0.29, 0.717) is 12.6 Å². The summed E-state index contributed by atoms with van der Waals surface area (Å²) < 4.78 is 1.77. The molecule has 2 heterocycles. The summed E-state index contributed by atoms with van der Waals surface area (Å²) in [5.74, 6) is 0.130. The molecule has 0 aliphatic carbocycles. The van der Waals surface area contributed by atoms with Crippen LogP contribution in [0.2, 0.25) is 0 Å². The molecule has 17 heavy (non-hydrogen) atoms. The Kier molecular flexibility index (Phi) is 3.47. The molecule has 1 aliphatic heterocycles. The van der Waals surface area contributed by atoms with Gasteiger partial charge in [-0.3, -0.25) is 9.48 Å². The predicted octanol–water partition coefficient (Wildman–Crippen LogP) is 0.320. The molecule has 1 aromatic rings. The third-order valence-corrected chi connectivity index (χ3v) is 3.36. The van der Waals surface area contributed by atoms with Crippen LogP contribution < -0.4 is 5.32 Å². The monoisotopic (exact) mass is 236 g/mol. The summed E-state index contributed by atoms with van der Waals surface area (Å²) in [5, 5.41) is 7.58. The van der Waals surface area contributed by atoms with Gasteiger partial charge in [0.05, 0.1) is 5.69 Å². The molecule has 1 fully saturated rings. The van der Waals surface area contributed by atoms with E-state index in [1.807, 2.05) is 31.9 Å². The lowest BCUT2D eigenvalue weighted by Gasteiger charge is -2.23. The van der Waals surface area contributed by atoms with Crippen LogP contribution in [0.25, 0.3) is 0 Å². The normalized spacial score (nSPS) is 19.6. The molecule has 0 spiro atoms. The maximum atomic E-state index is 12.1. The Morgan fingerprint density at radius 2 is 2.41 bits per heavy atom. The van der Waals surface area contributed by atoms with Gasteiger partial charge in [-0.15, -0.1) is 0 Å². The minimum absolute atomic E-state index is 0.130. The first-order chi connectivity index (χ1) is 8.08. The lowest BCUT2D eigenvalue weighted by molar-refractivity contribution is -0.132. The molecule has 1 aliphatic rings. The molecule has 0 aromatic carbocycles. The van der Waals surface area contributed by atoms with Gasteiger partial charge < -0.3 is 10.2 Å². The van der Waals surface area contributed by atoms with Crippen molar-refractivity contribution < 1.29 is 4.79 Å². The Labute approximate surface area is 102 Å². The molecular weight excluding hydrogens is 216 g/mol. The molecule has 94 valence electrons. The van der Waals surface area contributed by atoms with Crippen LogP contribution >= 0.6 is 0 Å². The summed E-state index contributed by atoms with van der Waals surface area (Å²) in [7, 11) is 1.88. The maximum Gasteiger partial charge on any atom is 0.244 e. The predicted molar refractivity (Wildman–Crippen MR) is 65.7 cm³/mol. The quantitative estimate of drug-likeness (QED) is 0.822. The molecule has 1 atom stereocenters. The van der Waals surface area contributed by atoms with Gasteiger partial charge in [-0.25, -0.2) is 0 Å². The number of carbonyl (C=O) groups is 1. The lowest BCUT2D eigenvalue weighted by atomic mass is 10.2. The van der Waals surface area contributed by atoms with E-state index in [1.54, 1.807) is 4.68 Å². The standard InChI is InChI=1S/C12H20N4O/c1-9-6-10(2)16(14-9)8-12(17)15(3)11-4-5-13-7-11/h6,11,13H,4-5,7-8H2,1-3H3. The van der Waals surface area contributed by atoms with Crippen LogP contribution in [-0.4, -0.2) is 46.8 Å². The van der Waals surface area contributed by atoms with Gasteiger partial charge >= 0.3 is 0 Å². The first-order valence-electron chi connectivity index (χ1n) is 6.05. The average Bonchev–Trinajstić information content (AvgIpc) is 2.88. The number of amides is 1. The highest BCUT2D eigenvalue weighted by Gasteiger charge is 2.23. The second-order valence-corrected chi connectivity index (χ2v) is 4.74. The van der Waals surface area contributed by atoms with E-state index in [0.717, 1.165) is 30.9 Å². The average molecular weight is 236 g/mol. The first kappa shape index (κ1) is 12.1. The van der Waals surface area contributed by atoms with E-state index >= 15 is 0 Å². The molecule has 1 saturated heterocycles. The van der Waals surface area contributed by atoms with Crippen LogP contribution in [0.4, 0.5) is 0 Å². The first-order valence-corrected chi connectivity index (χ1v) is 6.05. The van der Waals surface area contributed by atoms with E-state index in [-0.39, 0.29) is 5.91 Å². The Morgan fingerprint density at radius 1 is 1.65 bits per heavy atom. The largest absolute Gasteiger partial charge is 0.340 e. The molecule has 2 rings (SSSR count). The Hall–Kier alpha value is -1.36. The highest BCUT2D eigenvalue weighted by Crippen LogP contribution is 2.08. The Balaban J connectivity index is 1.98. The fourth-order valence-electron chi connectivity index (χ4n) is 2.25. The maximum absolute atomic E-state index is 12.1. The molecule has 1 N–H and O–H groups in total. The third kappa shape index (κ3) is 2.66. The van der Waals surface area contributed by atoms with E-state index in [1.165, 1.54) is 0 Å². The molecule has 1 amide bonds. The van der Waals surface area contributed by atoms with E-state index in [4.69, 9.17) is 0 Å². The molecule has 5 heteroatoms. The summed E-state index contributed by atoms with van der Waals surface area (Å²) >= 11 is 0. The van der Waals surface area contributed by atoms with Gasteiger partial charge in [0, 0.05) is 25.3 Å². The van der Waals surface area contributed by atoms with Crippen molar-refractivity contribution in [1.29, 1.82) is 0 Å². The van der Waals surface area contributed by atoms with Gasteiger partial charge in [0.15, 0.2) is 0 Å². The number of hydrogen-bond acceptors (Lipinski definition) is 3. The SMILES string of the molecule is Cc1cc(C)n(CC(=O)N(C)C2CCNC2)n1. The zero-order chi connectivity index (χ0) is 12.4. The third-order valence-electron chi connectivity index (χ3n) is 3.36. The van der Waals surface area contributed by atoms with Crippen molar-refractivity contribution >= 4 is 5.91 Å². The van der Waals surface area contributed by atoms with Crippen LogP contribution in [-0.2, 0) is 11.3 Å². The van der Waals surface area contributed by atoms with Crippen molar-refractivity contribution in [3.63, 3.8) is 0 Å². The number of hydrogen-bond donors (Lipinski definition) is 1. The molecule has 0 bridgehead atoms. The fourth-order valence-corrected chi connectivity index (χ4v) is 2.25. The van der Waals surface area contributed by atoms with Gasteiger partial charge in [0.2, 0.25) is 5.91 Å². The zero-order valence-electron chi connectivity index (χ0n) is 10.7. The van der Waals surface area contributed by atoms with Gasteiger partial charge in [-0.1, -0.05) is 0 Å². The van der Waals surface area contributed by atoms with Gasteiger partial charge in [-0.05, 0) is 32.9 Å². The highest BCUT2D eigenvalue weighted by molar-refractivity contribution is 5.76. The zero-order valence-corrected chi connectivity index (χ0v) is 10.7. The van der Waals surface area contributed by atoms with Crippen LogP contribution in [0, 0.1) is 13.8 Å². The summed E-state index contributed by atoms with van der Waals surface area (Å²) in [4.78, 5) is 13.9. The van der Waals surface area contributed by atoms with Crippen molar-refractivity contribution in [3.05, 3.63) is 17.5 Å². The van der Waals surface area contributed by atoms with Crippen molar-refractivity contribution in [2.75, 3.05) is 20.1 Å². The van der Waals surface area contributed by atoms with E-state index in [2.05, 4.69) is 10.4 Å². The molecule has 1 aromatic heterocycles. The number of likely N-dealkylation sites (N-methyl/N-ethyl adjacent to an activating group) is 1. The minimum atomic E-state index is 0.130. The molecular formula is C12H20N4O. The van der Waals surface area contributed by atoms with Gasteiger partial charge in [0.1, 0.15) is 6.54 Å². The van der Waals surface area contributed by atoms with Crippen LogP contribution in [0.3, 0.4) is 0 Å². The second-order valence-electron chi connectivity index (χ2n) is 4.74. The number of aryl methyl sites for hydroxylation is 2. The number of carbonyl (C=O) groups excluding carboxylic acids is 1. The number of aromatic nitrogens is 2. The summed E-state index contributed by atoms with van der Waals surface area (Å²) in [6.45, 7) is 6.16. The lowest BCUT2D eigenvalue weighted by Crippen LogP contribution is -2.40. The second kappa shape index (κ2) is 4.87. The number of rotatable bonds is 3. The molecule has 0 saturated carbocycles. The van der Waals surface area contributed by atoms with Crippen LogP contribution in [0.15, 0.2) is 6.07 Å². The number of nitrogens with zero attached hydrogens (tertiary/aromatic N) is 3. The van der Waals surface area contributed by atoms with E-state index in [9.17, 15) is 4.79 Å².